The quantitative estimate of drug-likeness (QED) is 0.314. The van der Waals surface area contributed by atoms with Crippen LogP contribution in [0.1, 0.15) is 26.7 Å². The first kappa shape index (κ1) is 17.2. The molecule has 0 aliphatic carbocycles. The zero-order chi connectivity index (χ0) is 15.4. The van der Waals surface area contributed by atoms with Gasteiger partial charge in [-0.15, -0.1) is 0 Å². The SMILES string of the molecule is CC(C)(CCCN1CCN(S(C)(=O)=O)CC1)C(N)=NO. The summed E-state index contributed by atoms with van der Waals surface area (Å²) in [7, 11) is -3.06. The molecule has 0 aromatic carbocycles. The van der Waals surface area contributed by atoms with Crippen LogP contribution in [0, 0.1) is 5.41 Å². The molecule has 1 heterocycles. The van der Waals surface area contributed by atoms with Gasteiger partial charge in [0.2, 0.25) is 10.0 Å². The zero-order valence-electron chi connectivity index (χ0n) is 12.5. The third-order valence-electron chi connectivity index (χ3n) is 3.88. The van der Waals surface area contributed by atoms with Crippen molar-refractivity contribution in [2.24, 2.45) is 16.3 Å². The molecule has 0 aromatic rings. The number of rotatable bonds is 6. The van der Waals surface area contributed by atoms with Gasteiger partial charge in [0.25, 0.3) is 0 Å². The van der Waals surface area contributed by atoms with Gasteiger partial charge in [-0.1, -0.05) is 19.0 Å². The van der Waals surface area contributed by atoms with E-state index in [2.05, 4.69) is 10.1 Å². The van der Waals surface area contributed by atoms with Gasteiger partial charge < -0.3 is 15.8 Å². The maximum absolute atomic E-state index is 11.4. The van der Waals surface area contributed by atoms with Crippen molar-refractivity contribution in [2.75, 3.05) is 39.0 Å². The molecule has 0 atom stereocenters. The van der Waals surface area contributed by atoms with E-state index in [0.717, 1.165) is 32.5 Å². The van der Waals surface area contributed by atoms with Crippen LogP contribution in [-0.2, 0) is 10.0 Å². The summed E-state index contributed by atoms with van der Waals surface area (Å²) in [6.07, 6.45) is 3.01. The van der Waals surface area contributed by atoms with Gasteiger partial charge in [0.1, 0.15) is 5.84 Å². The second kappa shape index (κ2) is 6.73. The summed E-state index contributed by atoms with van der Waals surface area (Å²) in [4.78, 5) is 2.25. The molecule has 1 fully saturated rings. The maximum Gasteiger partial charge on any atom is 0.211 e. The zero-order valence-corrected chi connectivity index (χ0v) is 13.4. The van der Waals surface area contributed by atoms with E-state index in [1.54, 1.807) is 0 Å². The Labute approximate surface area is 121 Å². The van der Waals surface area contributed by atoms with Crippen LogP contribution < -0.4 is 5.73 Å². The highest BCUT2D eigenvalue weighted by atomic mass is 32.2. The fraction of sp³-hybridized carbons (Fsp3) is 0.917. The molecule has 118 valence electrons. The smallest absolute Gasteiger partial charge is 0.211 e. The minimum Gasteiger partial charge on any atom is -0.409 e. The van der Waals surface area contributed by atoms with Gasteiger partial charge in [-0.25, -0.2) is 8.42 Å². The Morgan fingerprint density at radius 3 is 2.30 bits per heavy atom. The Morgan fingerprint density at radius 2 is 1.85 bits per heavy atom. The van der Waals surface area contributed by atoms with Crippen molar-refractivity contribution in [2.45, 2.75) is 26.7 Å². The van der Waals surface area contributed by atoms with Crippen LogP contribution in [0.25, 0.3) is 0 Å². The molecular weight excluding hydrogens is 280 g/mol. The highest BCUT2D eigenvalue weighted by Gasteiger charge is 2.25. The molecule has 1 saturated heterocycles. The topological polar surface area (TPSA) is 99.2 Å². The predicted octanol–water partition coefficient (Wildman–Crippen LogP) is 0.116. The van der Waals surface area contributed by atoms with Crippen molar-refractivity contribution in [1.82, 2.24) is 9.21 Å². The minimum atomic E-state index is -3.06. The lowest BCUT2D eigenvalue weighted by molar-refractivity contribution is 0.182. The number of hydrogen-bond donors (Lipinski definition) is 2. The summed E-state index contributed by atoms with van der Waals surface area (Å²) < 4.78 is 24.3. The molecule has 1 rings (SSSR count). The van der Waals surface area contributed by atoms with Crippen LogP contribution in [0.2, 0.25) is 0 Å². The second-order valence-corrected chi connectivity index (χ2v) is 7.96. The van der Waals surface area contributed by atoms with Gasteiger partial charge in [-0.05, 0) is 19.4 Å². The molecule has 8 heteroatoms. The number of hydrogen-bond acceptors (Lipinski definition) is 5. The van der Waals surface area contributed by atoms with E-state index in [0.29, 0.717) is 13.1 Å². The molecule has 7 nitrogen and oxygen atoms in total. The van der Waals surface area contributed by atoms with Crippen LogP contribution in [0.5, 0.6) is 0 Å². The monoisotopic (exact) mass is 306 g/mol. The van der Waals surface area contributed by atoms with Crippen LogP contribution in [0.3, 0.4) is 0 Å². The summed E-state index contributed by atoms with van der Waals surface area (Å²) in [6, 6.07) is 0. The fourth-order valence-corrected chi connectivity index (χ4v) is 3.12. The molecule has 3 N–H and O–H groups in total. The van der Waals surface area contributed by atoms with Crippen LogP contribution in [0.4, 0.5) is 0 Å². The van der Waals surface area contributed by atoms with E-state index in [1.165, 1.54) is 10.6 Å². The molecule has 0 amide bonds. The van der Waals surface area contributed by atoms with Crippen molar-refractivity contribution in [3.05, 3.63) is 0 Å². The summed E-state index contributed by atoms with van der Waals surface area (Å²) in [5.74, 6) is 0.249. The van der Waals surface area contributed by atoms with Crippen molar-refractivity contribution in [3.63, 3.8) is 0 Å². The number of piperazine rings is 1. The molecule has 0 bridgehead atoms. The van der Waals surface area contributed by atoms with Crippen molar-refractivity contribution < 1.29 is 13.6 Å². The summed E-state index contributed by atoms with van der Waals surface area (Å²) in [5.41, 5.74) is 5.33. The molecule has 0 spiro atoms. The largest absolute Gasteiger partial charge is 0.409 e. The average Bonchev–Trinajstić information content (AvgIpc) is 2.37. The van der Waals surface area contributed by atoms with Crippen molar-refractivity contribution in [3.8, 4) is 0 Å². The number of oxime groups is 1. The van der Waals surface area contributed by atoms with Crippen molar-refractivity contribution in [1.29, 1.82) is 0 Å². The van der Waals surface area contributed by atoms with Gasteiger partial charge in [-0.2, -0.15) is 4.31 Å². The molecule has 1 aliphatic heterocycles. The molecule has 0 saturated carbocycles. The third-order valence-corrected chi connectivity index (χ3v) is 5.18. The Kier molecular flexibility index (Phi) is 5.79. The highest BCUT2D eigenvalue weighted by Crippen LogP contribution is 2.22. The van der Waals surface area contributed by atoms with Crippen molar-refractivity contribution >= 4 is 15.9 Å². The van der Waals surface area contributed by atoms with Gasteiger partial charge in [0.15, 0.2) is 0 Å². The Hall–Kier alpha value is -0.860. The lowest BCUT2D eigenvalue weighted by Crippen LogP contribution is -2.48. The van der Waals surface area contributed by atoms with Gasteiger partial charge in [-0.3, -0.25) is 0 Å². The van der Waals surface area contributed by atoms with Crippen LogP contribution in [0.15, 0.2) is 5.16 Å². The average molecular weight is 306 g/mol. The molecule has 1 aliphatic rings. The van der Waals surface area contributed by atoms with E-state index in [1.807, 2.05) is 13.8 Å². The van der Waals surface area contributed by atoms with Gasteiger partial charge in [0.05, 0.1) is 6.26 Å². The van der Waals surface area contributed by atoms with Crippen LogP contribution in [-0.4, -0.2) is 67.6 Å². The molecule has 20 heavy (non-hydrogen) atoms. The number of nitrogens with zero attached hydrogens (tertiary/aromatic N) is 3. The lowest BCUT2D eigenvalue weighted by Gasteiger charge is -2.33. The number of amidine groups is 1. The third kappa shape index (κ3) is 4.92. The fourth-order valence-electron chi connectivity index (χ4n) is 2.29. The minimum absolute atomic E-state index is 0.249. The van der Waals surface area contributed by atoms with Crippen LogP contribution >= 0.6 is 0 Å². The summed E-state index contributed by atoms with van der Waals surface area (Å²) in [5, 5.41) is 11.8. The molecular formula is C12H26N4O3S. The summed E-state index contributed by atoms with van der Waals surface area (Å²) >= 11 is 0. The lowest BCUT2D eigenvalue weighted by atomic mass is 9.86. The molecule has 0 unspecified atom stereocenters. The maximum atomic E-state index is 11.4. The summed E-state index contributed by atoms with van der Waals surface area (Å²) in [6.45, 7) is 7.44. The van der Waals surface area contributed by atoms with E-state index >= 15 is 0 Å². The van der Waals surface area contributed by atoms with Gasteiger partial charge >= 0.3 is 0 Å². The van der Waals surface area contributed by atoms with E-state index in [-0.39, 0.29) is 11.3 Å². The number of nitrogens with two attached hydrogens (primary N) is 1. The standard InChI is InChI=1S/C12H26N4O3S/c1-12(2,11(13)14-17)5-4-6-15-7-9-16(10-8-15)20(3,18)19/h17H,4-10H2,1-3H3,(H2,13,14). The van der Waals surface area contributed by atoms with E-state index in [4.69, 9.17) is 10.9 Å². The van der Waals surface area contributed by atoms with E-state index < -0.39 is 10.0 Å². The Morgan fingerprint density at radius 1 is 1.30 bits per heavy atom. The predicted molar refractivity (Wildman–Crippen MR) is 79.3 cm³/mol. The normalized spacial score (nSPS) is 20.2. The molecule has 0 radical (unpaired) electrons. The second-order valence-electron chi connectivity index (χ2n) is 5.98. The first-order valence-corrected chi connectivity index (χ1v) is 8.67. The first-order valence-electron chi connectivity index (χ1n) is 6.82. The Balaban J connectivity index is 2.32. The highest BCUT2D eigenvalue weighted by molar-refractivity contribution is 7.88. The van der Waals surface area contributed by atoms with E-state index in [9.17, 15) is 8.42 Å². The molecule has 0 aromatic heterocycles. The number of sulfonamides is 1. The van der Waals surface area contributed by atoms with Gasteiger partial charge in [0, 0.05) is 31.6 Å². The first-order chi connectivity index (χ1) is 9.16. The Bertz CT molecular complexity index is 440.